The average Bonchev–Trinajstić information content (AvgIpc) is 2.99. The second-order valence-electron chi connectivity index (χ2n) is 4.91. The number of ether oxygens (including phenoxy) is 2. The van der Waals surface area contributed by atoms with Gasteiger partial charge in [-0.15, -0.1) is 0 Å². The van der Waals surface area contributed by atoms with Crippen LogP contribution in [-0.2, 0) is 4.74 Å². The number of nitro groups is 1. The van der Waals surface area contributed by atoms with Crippen LogP contribution in [0, 0.1) is 10.1 Å². The van der Waals surface area contributed by atoms with Gasteiger partial charge in [0.25, 0.3) is 5.19 Å². The second-order valence-corrected chi connectivity index (χ2v) is 5.88. The predicted octanol–water partition coefficient (Wildman–Crippen LogP) is 1.34. The van der Waals surface area contributed by atoms with Gasteiger partial charge in [0.15, 0.2) is 0 Å². The first kappa shape index (κ1) is 12.8. The highest BCUT2D eigenvalue weighted by Crippen LogP contribution is 2.37. The summed E-state index contributed by atoms with van der Waals surface area (Å²) < 4.78 is 11.6. The Balaban J connectivity index is 1.60. The summed E-state index contributed by atoms with van der Waals surface area (Å²) in [5.74, 6) is 0. The van der Waals surface area contributed by atoms with Gasteiger partial charge in [-0.25, -0.2) is 4.98 Å². The van der Waals surface area contributed by atoms with Crippen LogP contribution in [0.5, 0.6) is 5.19 Å². The Kier molecular flexibility index (Phi) is 3.38. The van der Waals surface area contributed by atoms with Gasteiger partial charge >= 0.3 is 5.00 Å². The van der Waals surface area contributed by atoms with Crippen molar-refractivity contribution in [1.82, 2.24) is 10.3 Å². The SMILES string of the molecule is O=[N+]([O-])c1cnc(OC2COC3(CCNCC3)C2)s1. The minimum Gasteiger partial charge on any atom is -0.464 e. The lowest BCUT2D eigenvalue weighted by Crippen LogP contribution is -2.41. The fraction of sp³-hybridized carbons (Fsp3) is 0.727. The van der Waals surface area contributed by atoms with Crippen LogP contribution in [0.3, 0.4) is 0 Å². The molecule has 1 aromatic heterocycles. The number of piperidine rings is 1. The maximum absolute atomic E-state index is 10.6. The third kappa shape index (κ3) is 2.70. The largest absolute Gasteiger partial charge is 0.464 e. The second kappa shape index (κ2) is 5.03. The first-order valence-electron chi connectivity index (χ1n) is 6.28. The third-order valence-corrected chi connectivity index (χ3v) is 4.45. The Morgan fingerprint density at radius 3 is 3.05 bits per heavy atom. The maximum atomic E-state index is 10.6. The van der Waals surface area contributed by atoms with E-state index in [1.54, 1.807) is 0 Å². The minimum atomic E-state index is -0.454. The van der Waals surface area contributed by atoms with E-state index in [1.807, 2.05) is 0 Å². The molecule has 7 nitrogen and oxygen atoms in total. The minimum absolute atomic E-state index is 0.00509. The highest BCUT2D eigenvalue weighted by molar-refractivity contribution is 7.16. The van der Waals surface area contributed by atoms with E-state index in [9.17, 15) is 10.1 Å². The van der Waals surface area contributed by atoms with Crippen LogP contribution in [-0.4, -0.2) is 41.3 Å². The summed E-state index contributed by atoms with van der Waals surface area (Å²) in [6.07, 6.45) is 4.00. The van der Waals surface area contributed by atoms with Gasteiger partial charge < -0.3 is 14.8 Å². The zero-order valence-electron chi connectivity index (χ0n) is 10.3. The van der Waals surface area contributed by atoms with Gasteiger partial charge in [-0.05, 0) is 37.3 Å². The summed E-state index contributed by atoms with van der Waals surface area (Å²) in [5, 5.41) is 14.3. The molecule has 8 heteroatoms. The van der Waals surface area contributed by atoms with Crippen molar-refractivity contribution in [3.05, 3.63) is 16.3 Å². The molecule has 2 saturated heterocycles. The summed E-state index contributed by atoms with van der Waals surface area (Å²) in [5.41, 5.74) is -0.0703. The molecule has 2 fully saturated rings. The van der Waals surface area contributed by atoms with Crippen LogP contribution in [0.15, 0.2) is 6.20 Å². The van der Waals surface area contributed by atoms with Crippen LogP contribution in [0.2, 0.25) is 0 Å². The van der Waals surface area contributed by atoms with E-state index < -0.39 is 4.92 Å². The molecule has 1 unspecified atom stereocenters. The third-order valence-electron chi connectivity index (χ3n) is 3.61. The van der Waals surface area contributed by atoms with Crippen molar-refractivity contribution in [3.63, 3.8) is 0 Å². The molecular formula is C11H15N3O4S. The molecule has 104 valence electrons. The lowest BCUT2D eigenvalue weighted by Gasteiger charge is -2.32. The summed E-state index contributed by atoms with van der Waals surface area (Å²) in [4.78, 5) is 14.0. The van der Waals surface area contributed by atoms with Crippen LogP contribution in [0.4, 0.5) is 5.00 Å². The molecule has 2 aliphatic heterocycles. The molecule has 3 heterocycles. The van der Waals surface area contributed by atoms with Crippen molar-refractivity contribution in [2.24, 2.45) is 0 Å². The zero-order valence-corrected chi connectivity index (χ0v) is 11.1. The normalized spacial score (nSPS) is 25.6. The van der Waals surface area contributed by atoms with E-state index in [0.29, 0.717) is 11.8 Å². The molecule has 3 rings (SSSR count). The van der Waals surface area contributed by atoms with Crippen molar-refractivity contribution >= 4 is 16.3 Å². The van der Waals surface area contributed by atoms with Crippen LogP contribution in [0.25, 0.3) is 0 Å². The van der Waals surface area contributed by atoms with Crippen molar-refractivity contribution in [1.29, 1.82) is 0 Å². The Morgan fingerprint density at radius 1 is 1.58 bits per heavy atom. The van der Waals surface area contributed by atoms with Crippen molar-refractivity contribution in [2.75, 3.05) is 19.7 Å². The number of rotatable bonds is 3. The fourth-order valence-electron chi connectivity index (χ4n) is 2.64. The number of thiazole rings is 1. The molecule has 1 spiro atoms. The smallest absolute Gasteiger partial charge is 0.347 e. The van der Waals surface area contributed by atoms with Gasteiger partial charge in [-0.3, -0.25) is 10.1 Å². The van der Waals surface area contributed by atoms with Gasteiger partial charge in [0.2, 0.25) is 0 Å². The highest BCUT2D eigenvalue weighted by atomic mass is 32.1. The summed E-state index contributed by atoms with van der Waals surface area (Å²) >= 11 is 0.963. The van der Waals surface area contributed by atoms with Crippen LogP contribution < -0.4 is 10.1 Å². The average molecular weight is 285 g/mol. The molecule has 1 aromatic rings. The Hall–Kier alpha value is -1.25. The van der Waals surface area contributed by atoms with Gasteiger partial charge in [0, 0.05) is 6.42 Å². The molecule has 0 bridgehead atoms. The van der Waals surface area contributed by atoms with Crippen molar-refractivity contribution in [3.8, 4) is 5.19 Å². The summed E-state index contributed by atoms with van der Waals surface area (Å²) in [6.45, 7) is 2.47. The predicted molar refractivity (Wildman–Crippen MR) is 68.6 cm³/mol. The van der Waals surface area contributed by atoms with Gasteiger partial charge in [-0.2, -0.15) is 0 Å². The molecule has 0 saturated carbocycles. The fourth-order valence-corrected chi connectivity index (χ4v) is 3.29. The van der Waals surface area contributed by atoms with E-state index in [1.165, 1.54) is 6.20 Å². The maximum Gasteiger partial charge on any atom is 0.347 e. The monoisotopic (exact) mass is 285 g/mol. The molecule has 0 aliphatic carbocycles. The molecule has 19 heavy (non-hydrogen) atoms. The lowest BCUT2D eigenvalue weighted by atomic mass is 9.89. The van der Waals surface area contributed by atoms with Crippen molar-refractivity contribution < 1.29 is 14.4 Å². The molecule has 2 aliphatic rings. The molecule has 1 atom stereocenters. The first-order valence-corrected chi connectivity index (χ1v) is 7.10. The number of aromatic nitrogens is 1. The molecule has 1 N–H and O–H groups in total. The summed E-state index contributed by atoms with van der Waals surface area (Å²) in [7, 11) is 0. The molecule has 0 amide bonds. The zero-order chi connectivity index (χ0) is 13.3. The first-order chi connectivity index (χ1) is 9.17. The number of hydrogen-bond acceptors (Lipinski definition) is 7. The number of nitrogens with one attached hydrogen (secondary N) is 1. The highest BCUT2D eigenvalue weighted by Gasteiger charge is 2.42. The van der Waals surface area contributed by atoms with E-state index in [-0.39, 0.29) is 16.7 Å². The lowest BCUT2D eigenvalue weighted by molar-refractivity contribution is -0.380. The Morgan fingerprint density at radius 2 is 2.37 bits per heavy atom. The van der Waals surface area contributed by atoms with Crippen LogP contribution >= 0.6 is 11.3 Å². The van der Waals surface area contributed by atoms with Gasteiger partial charge in [-0.1, -0.05) is 0 Å². The van der Waals surface area contributed by atoms with E-state index >= 15 is 0 Å². The van der Waals surface area contributed by atoms with E-state index in [2.05, 4.69) is 10.3 Å². The topological polar surface area (TPSA) is 86.5 Å². The summed E-state index contributed by atoms with van der Waals surface area (Å²) in [6, 6.07) is 0. The Labute approximate surface area is 114 Å². The molecule has 0 aromatic carbocycles. The van der Waals surface area contributed by atoms with Crippen molar-refractivity contribution in [2.45, 2.75) is 31.0 Å². The van der Waals surface area contributed by atoms with Crippen LogP contribution in [0.1, 0.15) is 19.3 Å². The molecule has 0 radical (unpaired) electrons. The van der Waals surface area contributed by atoms with E-state index in [4.69, 9.17) is 9.47 Å². The van der Waals surface area contributed by atoms with E-state index in [0.717, 1.165) is 43.7 Å². The van der Waals surface area contributed by atoms with Gasteiger partial charge in [0.1, 0.15) is 12.3 Å². The number of hydrogen-bond donors (Lipinski definition) is 1. The molecular weight excluding hydrogens is 270 g/mol. The number of nitrogens with zero attached hydrogens (tertiary/aromatic N) is 2. The standard InChI is InChI=1S/C11H15N3O4S/c15-14(16)9-6-13-10(19-9)18-8-5-11(17-7-8)1-3-12-4-2-11/h6,8,12H,1-5,7H2. The van der Waals surface area contributed by atoms with Gasteiger partial charge in [0.05, 0.1) is 17.1 Å². The Bertz CT molecular complexity index is 472. The quantitative estimate of drug-likeness (QED) is 0.666.